The Hall–Kier alpha value is -2.40. The molecule has 104 valence electrons. The molecule has 0 unspecified atom stereocenters. The molecule has 20 heavy (non-hydrogen) atoms. The summed E-state index contributed by atoms with van der Waals surface area (Å²) >= 11 is 0. The highest BCUT2D eigenvalue weighted by molar-refractivity contribution is 5.93. The first-order valence-electron chi connectivity index (χ1n) is 6.26. The van der Waals surface area contributed by atoms with Gasteiger partial charge in [-0.2, -0.15) is 0 Å². The first kappa shape index (κ1) is 14.0. The van der Waals surface area contributed by atoms with E-state index in [1.165, 1.54) is 17.8 Å². The van der Waals surface area contributed by atoms with E-state index in [1.54, 1.807) is 4.57 Å². The molecule has 0 aliphatic carbocycles. The maximum atomic E-state index is 11.8. The van der Waals surface area contributed by atoms with E-state index in [0.29, 0.717) is 0 Å². The Morgan fingerprint density at radius 3 is 2.45 bits per heavy atom. The van der Waals surface area contributed by atoms with Crippen molar-refractivity contribution in [2.24, 2.45) is 5.84 Å². The fourth-order valence-corrected chi connectivity index (χ4v) is 2.03. The molecule has 5 nitrogen and oxygen atoms in total. The number of carbonyl (C=O) groups excluding carboxylic acids is 1. The zero-order valence-corrected chi connectivity index (χ0v) is 11.7. The maximum Gasteiger partial charge on any atom is 0.270 e. The predicted molar refractivity (Wildman–Crippen MR) is 77.9 cm³/mol. The van der Waals surface area contributed by atoms with E-state index in [1.807, 2.05) is 44.4 Å². The predicted octanol–water partition coefficient (Wildman–Crippen LogP) is 1.37. The number of nitrogens with two attached hydrogens (primary N) is 1. The standard InChI is InChI=1S/C15H17N3O2/c1-9-4-5-12(6-10(9)2)18-8-13(15(20)17-16)14(19)7-11(18)3/h4-8H,16H2,1-3H3,(H,17,20). The Kier molecular flexibility index (Phi) is 3.72. The average molecular weight is 271 g/mol. The lowest BCUT2D eigenvalue weighted by Crippen LogP contribution is -2.34. The molecule has 0 spiro atoms. The molecule has 0 aliphatic heterocycles. The normalized spacial score (nSPS) is 10.4. The zero-order valence-electron chi connectivity index (χ0n) is 11.7. The van der Waals surface area contributed by atoms with Crippen LogP contribution >= 0.6 is 0 Å². The van der Waals surface area contributed by atoms with Gasteiger partial charge in [-0.3, -0.25) is 15.0 Å². The summed E-state index contributed by atoms with van der Waals surface area (Å²) in [6.07, 6.45) is 1.52. The number of hydrogen-bond acceptors (Lipinski definition) is 3. The van der Waals surface area contributed by atoms with Crippen LogP contribution in [0.25, 0.3) is 5.69 Å². The molecule has 0 bridgehead atoms. The average Bonchev–Trinajstić information content (AvgIpc) is 2.41. The largest absolute Gasteiger partial charge is 0.320 e. The number of aromatic nitrogens is 1. The number of benzene rings is 1. The van der Waals surface area contributed by atoms with E-state index in [9.17, 15) is 9.59 Å². The highest BCUT2D eigenvalue weighted by Gasteiger charge is 2.12. The van der Waals surface area contributed by atoms with Crippen molar-refractivity contribution in [3.8, 4) is 5.69 Å². The van der Waals surface area contributed by atoms with Crippen LogP contribution in [0, 0.1) is 20.8 Å². The lowest BCUT2D eigenvalue weighted by Gasteiger charge is -2.13. The number of nitrogen functional groups attached to an aromatic ring is 1. The molecule has 1 amide bonds. The van der Waals surface area contributed by atoms with Gasteiger partial charge in [-0.15, -0.1) is 0 Å². The van der Waals surface area contributed by atoms with Crippen molar-refractivity contribution >= 4 is 5.91 Å². The molecule has 2 aromatic rings. The van der Waals surface area contributed by atoms with Crippen molar-refractivity contribution in [1.29, 1.82) is 0 Å². The molecule has 0 fully saturated rings. The summed E-state index contributed by atoms with van der Waals surface area (Å²) in [6, 6.07) is 7.39. The molecule has 0 saturated carbocycles. The van der Waals surface area contributed by atoms with E-state index in [2.05, 4.69) is 0 Å². The van der Waals surface area contributed by atoms with Gasteiger partial charge in [0.05, 0.1) is 0 Å². The van der Waals surface area contributed by atoms with Crippen LogP contribution in [0.3, 0.4) is 0 Å². The van der Waals surface area contributed by atoms with Crippen LogP contribution in [0.5, 0.6) is 0 Å². The SMILES string of the molecule is Cc1ccc(-n2cc(C(=O)NN)c(=O)cc2C)cc1C. The first-order chi connectivity index (χ1) is 9.43. The number of nitrogens with zero attached hydrogens (tertiary/aromatic N) is 1. The second-order valence-corrected chi connectivity index (χ2v) is 4.80. The first-order valence-corrected chi connectivity index (χ1v) is 6.26. The van der Waals surface area contributed by atoms with Crippen molar-refractivity contribution < 1.29 is 4.79 Å². The number of rotatable bonds is 2. The van der Waals surface area contributed by atoms with E-state index in [-0.39, 0.29) is 11.0 Å². The van der Waals surface area contributed by atoms with Gasteiger partial charge in [0.15, 0.2) is 5.43 Å². The lowest BCUT2D eigenvalue weighted by molar-refractivity contribution is 0.0952. The van der Waals surface area contributed by atoms with Crippen LogP contribution in [0.4, 0.5) is 0 Å². The number of amides is 1. The minimum absolute atomic E-state index is 0.0244. The van der Waals surface area contributed by atoms with Gasteiger partial charge in [-0.05, 0) is 44.0 Å². The maximum absolute atomic E-state index is 11.8. The Morgan fingerprint density at radius 2 is 1.85 bits per heavy atom. The van der Waals surface area contributed by atoms with Gasteiger partial charge in [0.2, 0.25) is 0 Å². The van der Waals surface area contributed by atoms with Gasteiger partial charge in [-0.1, -0.05) is 6.07 Å². The lowest BCUT2D eigenvalue weighted by atomic mass is 10.1. The van der Waals surface area contributed by atoms with Gasteiger partial charge in [0.25, 0.3) is 5.91 Å². The third kappa shape index (κ3) is 2.48. The van der Waals surface area contributed by atoms with E-state index < -0.39 is 5.91 Å². The monoisotopic (exact) mass is 271 g/mol. The van der Waals surface area contributed by atoms with Crippen molar-refractivity contribution in [1.82, 2.24) is 9.99 Å². The second-order valence-electron chi connectivity index (χ2n) is 4.80. The van der Waals surface area contributed by atoms with Gasteiger partial charge >= 0.3 is 0 Å². The number of hydrazine groups is 1. The fraction of sp³-hybridized carbons (Fsp3) is 0.200. The topological polar surface area (TPSA) is 77.1 Å². The van der Waals surface area contributed by atoms with Crippen LogP contribution < -0.4 is 16.7 Å². The smallest absolute Gasteiger partial charge is 0.270 e. The number of hydrogen-bond donors (Lipinski definition) is 2. The number of nitrogens with one attached hydrogen (secondary N) is 1. The molecule has 0 radical (unpaired) electrons. The summed E-state index contributed by atoms with van der Waals surface area (Å²) in [4.78, 5) is 23.4. The molecule has 3 N–H and O–H groups in total. The minimum Gasteiger partial charge on any atom is -0.320 e. The highest BCUT2D eigenvalue weighted by Crippen LogP contribution is 2.15. The van der Waals surface area contributed by atoms with Crippen LogP contribution in [0.1, 0.15) is 27.2 Å². The third-order valence-electron chi connectivity index (χ3n) is 3.39. The Morgan fingerprint density at radius 1 is 1.15 bits per heavy atom. The summed E-state index contributed by atoms with van der Waals surface area (Å²) in [5.74, 6) is 4.51. The zero-order chi connectivity index (χ0) is 14.9. The van der Waals surface area contributed by atoms with Crippen LogP contribution in [-0.4, -0.2) is 10.5 Å². The molecule has 1 heterocycles. The molecule has 0 atom stereocenters. The van der Waals surface area contributed by atoms with Crippen LogP contribution in [0.2, 0.25) is 0 Å². The minimum atomic E-state index is -0.590. The fourth-order valence-electron chi connectivity index (χ4n) is 2.03. The Balaban J connectivity index is 2.64. The molecule has 5 heteroatoms. The van der Waals surface area contributed by atoms with Gasteiger partial charge in [0.1, 0.15) is 5.56 Å². The van der Waals surface area contributed by atoms with Crippen molar-refractivity contribution in [3.63, 3.8) is 0 Å². The summed E-state index contributed by atoms with van der Waals surface area (Å²) in [5.41, 5.74) is 5.66. The third-order valence-corrected chi connectivity index (χ3v) is 3.39. The van der Waals surface area contributed by atoms with E-state index in [0.717, 1.165) is 16.9 Å². The van der Waals surface area contributed by atoms with Crippen LogP contribution in [0.15, 0.2) is 35.3 Å². The highest BCUT2D eigenvalue weighted by atomic mass is 16.2. The number of carbonyl (C=O) groups is 1. The molecular weight excluding hydrogens is 254 g/mol. The molecule has 1 aromatic carbocycles. The van der Waals surface area contributed by atoms with E-state index >= 15 is 0 Å². The number of aryl methyl sites for hydroxylation is 3. The molecule has 0 aliphatic rings. The number of pyridine rings is 1. The van der Waals surface area contributed by atoms with Crippen LogP contribution in [-0.2, 0) is 0 Å². The quantitative estimate of drug-likeness (QED) is 0.492. The van der Waals surface area contributed by atoms with Crippen molar-refractivity contribution in [2.75, 3.05) is 0 Å². The Bertz CT molecular complexity index is 732. The van der Waals surface area contributed by atoms with Gasteiger partial charge in [0, 0.05) is 23.6 Å². The van der Waals surface area contributed by atoms with E-state index in [4.69, 9.17) is 5.84 Å². The van der Waals surface area contributed by atoms with Gasteiger partial charge < -0.3 is 4.57 Å². The van der Waals surface area contributed by atoms with Gasteiger partial charge in [-0.25, -0.2) is 5.84 Å². The van der Waals surface area contributed by atoms with Crippen molar-refractivity contribution in [3.05, 3.63) is 63.1 Å². The summed E-state index contributed by atoms with van der Waals surface area (Å²) < 4.78 is 1.80. The summed E-state index contributed by atoms with van der Waals surface area (Å²) in [5, 5.41) is 0. The molecule has 0 saturated heterocycles. The second kappa shape index (κ2) is 5.30. The Labute approximate surface area is 117 Å². The van der Waals surface area contributed by atoms with Crippen molar-refractivity contribution in [2.45, 2.75) is 20.8 Å². The molecule has 2 rings (SSSR count). The molecular formula is C15H17N3O2. The molecule has 1 aromatic heterocycles. The summed E-state index contributed by atoms with van der Waals surface area (Å²) in [7, 11) is 0. The summed E-state index contributed by atoms with van der Waals surface area (Å²) in [6.45, 7) is 5.87.